The largest absolute Gasteiger partial charge is 0.462 e. The Hall–Kier alpha value is -2.14. The van der Waals surface area contributed by atoms with Crippen LogP contribution in [0.25, 0.3) is 5.52 Å². The van der Waals surface area contributed by atoms with Gasteiger partial charge in [0, 0.05) is 11.8 Å². The summed E-state index contributed by atoms with van der Waals surface area (Å²) in [6.07, 6.45) is 1.56. The molecule has 94 valence electrons. The summed E-state index contributed by atoms with van der Waals surface area (Å²) >= 11 is 0. The predicted octanol–water partition coefficient (Wildman–Crippen LogP) is 0.968. The number of ether oxygens (including phenoxy) is 1. The van der Waals surface area contributed by atoms with E-state index < -0.39 is 11.5 Å². The van der Waals surface area contributed by atoms with Crippen molar-refractivity contribution in [3.05, 3.63) is 51.9 Å². The lowest BCUT2D eigenvalue weighted by molar-refractivity contribution is 0.0524. The van der Waals surface area contributed by atoms with Crippen LogP contribution in [0.5, 0.6) is 0 Å². The lowest BCUT2D eigenvalue weighted by Gasteiger charge is -2.08. The van der Waals surface area contributed by atoms with Gasteiger partial charge in [-0.2, -0.15) is 0 Å². The molecule has 0 unspecified atom stereocenters. The zero-order chi connectivity index (χ0) is 13.1. The Balaban J connectivity index is 2.73. The van der Waals surface area contributed by atoms with Gasteiger partial charge in [-0.3, -0.25) is 9.20 Å². The molecule has 0 atom stereocenters. The second-order valence-electron chi connectivity index (χ2n) is 3.72. The molecule has 0 radical (unpaired) electrons. The molecular formula is C13H13NO4. The highest BCUT2D eigenvalue weighted by atomic mass is 16.5. The highest BCUT2D eigenvalue weighted by Crippen LogP contribution is 2.11. The number of fused-ring (bicyclic) bond motifs is 1. The minimum Gasteiger partial charge on any atom is -0.462 e. The summed E-state index contributed by atoms with van der Waals surface area (Å²) in [5.74, 6) is -0.671. The smallest absolute Gasteiger partial charge is 0.343 e. The van der Waals surface area contributed by atoms with Crippen molar-refractivity contribution in [3.8, 4) is 0 Å². The van der Waals surface area contributed by atoms with Crippen molar-refractivity contribution in [2.45, 2.75) is 13.5 Å². The van der Waals surface area contributed by atoms with Gasteiger partial charge in [-0.1, -0.05) is 6.07 Å². The molecule has 0 fully saturated rings. The molecule has 0 spiro atoms. The quantitative estimate of drug-likeness (QED) is 0.820. The van der Waals surface area contributed by atoms with E-state index in [1.54, 1.807) is 31.3 Å². The van der Waals surface area contributed by atoms with Gasteiger partial charge in [-0.05, 0) is 25.1 Å². The molecule has 0 aliphatic rings. The van der Waals surface area contributed by atoms with E-state index in [0.29, 0.717) is 11.1 Å². The maximum atomic E-state index is 12.1. The maximum Gasteiger partial charge on any atom is 0.343 e. The van der Waals surface area contributed by atoms with Crippen molar-refractivity contribution in [2.24, 2.45) is 0 Å². The van der Waals surface area contributed by atoms with Gasteiger partial charge in [0.05, 0.1) is 18.7 Å². The third-order valence-electron chi connectivity index (χ3n) is 2.62. The molecule has 0 amide bonds. The second-order valence-corrected chi connectivity index (χ2v) is 3.72. The third kappa shape index (κ3) is 2.00. The average molecular weight is 247 g/mol. The molecule has 2 rings (SSSR count). The number of hydrogen-bond acceptors (Lipinski definition) is 4. The van der Waals surface area contributed by atoms with E-state index in [1.165, 1.54) is 10.5 Å². The highest BCUT2D eigenvalue weighted by Gasteiger charge is 2.15. The van der Waals surface area contributed by atoms with Crippen LogP contribution in [0, 0.1) is 0 Å². The SMILES string of the molecule is CCOC(=O)c1cc(CO)c2ccccn2c1=O. The van der Waals surface area contributed by atoms with Gasteiger partial charge < -0.3 is 9.84 Å². The van der Waals surface area contributed by atoms with Crippen LogP contribution in [-0.4, -0.2) is 22.1 Å². The van der Waals surface area contributed by atoms with Gasteiger partial charge in [-0.25, -0.2) is 4.79 Å². The van der Waals surface area contributed by atoms with Gasteiger partial charge in [0.15, 0.2) is 0 Å². The molecule has 5 heteroatoms. The number of aliphatic hydroxyl groups excluding tert-OH is 1. The molecule has 2 aromatic heterocycles. The second kappa shape index (κ2) is 5.01. The van der Waals surface area contributed by atoms with Crippen molar-refractivity contribution >= 4 is 11.5 Å². The van der Waals surface area contributed by atoms with E-state index in [0.717, 1.165) is 0 Å². The molecule has 0 aliphatic carbocycles. The van der Waals surface area contributed by atoms with Crippen LogP contribution in [0.4, 0.5) is 0 Å². The fourth-order valence-corrected chi connectivity index (χ4v) is 1.80. The molecule has 0 saturated heterocycles. The number of carbonyl (C=O) groups is 1. The van der Waals surface area contributed by atoms with Crippen molar-refractivity contribution in [3.63, 3.8) is 0 Å². The third-order valence-corrected chi connectivity index (χ3v) is 2.62. The van der Waals surface area contributed by atoms with Crippen LogP contribution in [-0.2, 0) is 11.3 Å². The van der Waals surface area contributed by atoms with Gasteiger partial charge >= 0.3 is 5.97 Å². The molecule has 18 heavy (non-hydrogen) atoms. The van der Waals surface area contributed by atoms with Crippen molar-refractivity contribution < 1.29 is 14.6 Å². The summed E-state index contributed by atoms with van der Waals surface area (Å²) in [6.45, 7) is 1.62. The van der Waals surface area contributed by atoms with E-state index in [2.05, 4.69) is 0 Å². The number of aliphatic hydroxyl groups is 1. The summed E-state index contributed by atoms with van der Waals surface area (Å²) in [5.41, 5.74) is 0.585. The van der Waals surface area contributed by atoms with Crippen LogP contribution in [0.2, 0.25) is 0 Å². The number of hydrogen-bond donors (Lipinski definition) is 1. The average Bonchev–Trinajstić information content (AvgIpc) is 2.40. The number of rotatable bonds is 3. The minimum absolute atomic E-state index is 0.0652. The van der Waals surface area contributed by atoms with E-state index in [-0.39, 0.29) is 18.8 Å². The zero-order valence-corrected chi connectivity index (χ0v) is 9.92. The molecule has 2 heterocycles. The lowest BCUT2D eigenvalue weighted by Crippen LogP contribution is -2.24. The molecule has 5 nitrogen and oxygen atoms in total. The van der Waals surface area contributed by atoms with Crippen molar-refractivity contribution in [1.82, 2.24) is 4.40 Å². The Labute approximate surface area is 103 Å². The Morgan fingerprint density at radius 2 is 2.22 bits per heavy atom. The van der Waals surface area contributed by atoms with Crippen LogP contribution in [0.15, 0.2) is 35.3 Å². The number of nitrogens with zero attached hydrogens (tertiary/aromatic N) is 1. The Morgan fingerprint density at radius 3 is 2.89 bits per heavy atom. The Morgan fingerprint density at radius 1 is 1.44 bits per heavy atom. The first-order chi connectivity index (χ1) is 8.69. The van der Waals surface area contributed by atoms with Gasteiger partial charge in [0.25, 0.3) is 5.56 Å². The monoisotopic (exact) mass is 247 g/mol. The molecule has 0 aliphatic heterocycles. The first-order valence-electron chi connectivity index (χ1n) is 5.60. The molecule has 0 bridgehead atoms. The van der Waals surface area contributed by atoms with Gasteiger partial charge in [-0.15, -0.1) is 0 Å². The predicted molar refractivity (Wildman–Crippen MR) is 65.5 cm³/mol. The van der Waals surface area contributed by atoms with E-state index in [1.807, 2.05) is 0 Å². The Kier molecular flexibility index (Phi) is 3.43. The van der Waals surface area contributed by atoms with Crippen molar-refractivity contribution in [1.29, 1.82) is 0 Å². The summed E-state index contributed by atoms with van der Waals surface area (Å²) in [7, 11) is 0. The minimum atomic E-state index is -0.671. The molecule has 2 aromatic rings. The lowest BCUT2D eigenvalue weighted by atomic mass is 10.1. The van der Waals surface area contributed by atoms with E-state index in [9.17, 15) is 14.7 Å². The van der Waals surface area contributed by atoms with Gasteiger partial charge in [0.1, 0.15) is 5.56 Å². The van der Waals surface area contributed by atoms with Gasteiger partial charge in [0.2, 0.25) is 0 Å². The fourth-order valence-electron chi connectivity index (χ4n) is 1.80. The number of esters is 1. The number of carbonyl (C=O) groups excluding carboxylic acids is 1. The van der Waals surface area contributed by atoms with Crippen molar-refractivity contribution in [2.75, 3.05) is 6.61 Å². The van der Waals surface area contributed by atoms with Crippen LogP contribution >= 0.6 is 0 Å². The first-order valence-corrected chi connectivity index (χ1v) is 5.60. The summed E-state index contributed by atoms with van der Waals surface area (Å²) in [4.78, 5) is 23.8. The standard InChI is InChI=1S/C13H13NO4/c1-2-18-13(17)10-7-9(8-15)11-5-3-4-6-14(11)12(10)16/h3-7,15H,2,8H2,1H3. The van der Waals surface area contributed by atoms with E-state index in [4.69, 9.17) is 4.74 Å². The summed E-state index contributed by atoms with van der Waals surface area (Å²) in [6, 6.07) is 6.54. The highest BCUT2D eigenvalue weighted by molar-refractivity contribution is 5.90. The summed E-state index contributed by atoms with van der Waals surface area (Å²) < 4.78 is 6.15. The van der Waals surface area contributed by atoms with Crippen LogP contribution in [0.1, 0.15) is 22.8 Å². The Bertz CT molecular complexity index is 645. The number of pyridine rings is 2. The zero-order valence-electron chi connectivity index (χ0n) is 9.92. The molecular weight excluding hydrogens is 234 g/mol. The van der Waals surface area contributed by atoms with Crippen LogP contribution < -0.4 is 5.56 Å². The molecule has 0 saturated carbocycles. The molecule has 0 aromatic carbocycles. The molecule has 1 N–H and O–H groups in total. The van der Waals surface area contributed by atoms with Crippen LogP contribution in [0.3, 0.4) is 0 Å². The summed E-state index contributed by atoms with van der Waals surface area (Å²) in [5, 5.41) is 9.30. The fraction of sp³-hybridized carbons (Fsp3) is 0.231. The number of aromatic nitrogens is 1. The topological polar surface area (TPSA) is 68.0 Å². The normalized spacial score (nSPS) is 10.6. The maximum absolute atomic E-state index is 12.1. The van der Waals surface area contributed by atoms with E-state index >= 15 is 0 Å². The first kappa shape index (κ1) is 12.3.